The van der Waals surface area contributed by atoms with Crippen molar-refractivity contribution in [2.45, 2.75) is 19.3 Å². The Kier molecular flexibility index (Phi) is 3.49. The third kappa shape index (κ3) is 2.90. The molecule has 0 aromatic carbocycles. The zero-order chi connectivity index (χ0) is 12.1. The summed E-state index contributed by atoms with van der Waals surface area (Å²) >= 11 is 0. The zero-order valence-corrected chi connectivity index (χ0v) is 9.17. The molecule has 1 aliphatic carbocycles. The molecule has 88 valence electrons. The summed E-state index contributed by atoms with van der Waals surface area (Å²) in [7, 11) is 0. The zero-order valence-electron chi connectivity index (χ0n) is 9.17. The number of aromatic nitrogens is 1. The second-order valence-electron chi connectivity index (χ2n) is 3.67. The predicted molar refractivity (Wildman–Crippen MR) is 61.6 cm³/mol. The molecule has 2 rings (SSSR count). The van der Waals surface area contributed by atoms with Gasteiger partial charge in [0.15, 0.2) is 0 Å². The number of aliphatic carboxylic acids is 1. The van der Waals surface area contributed by atoms with E-state index in [0.717, 1.165) is 48.4 Å². The second kappa shape index (κ2) is 5.25. The van der Waals surface area contributed by atoms with Gasteiger partial charge in [-0.15, -0.1) is 0 Å². The van der Waals surface area contributed by atoms with Crippen molar-refractivity contribution in [1.82, 2.24) is 4.98 Å². The lowest BCUT2D eigenvalue weighted by atomic mass is 9.92. The molecule has 0 saturated carbocycles. The maximum atomic E-state index is 10.2. The van der Waals surface area contributed by atoms with Crippen LogP contribution in [0.1, 0.15) is 24.0 Å². The minimum Gasteiger partial charge on any atom is -0.478 e. The van der Waals surface area contributed by atoms with Crippen molar-refractivity contribution >= 4 is 11.7 Å². The highest BCUT2D eigenvalue weighted by Crippen LogP contribution is 2.20. The van der Waals surface area contributed by atoms with Crippen LogP contribution in [0.4, 0.5) is 0 Å². The number of rotatable bonds is 3. The number of carbonyl (C=O) groups is 1. The lowest BCUT2D eigenvalue weighted by molar-refractivity contribution is -0.131. The minimum absolute atomic E-state index is 0.831. The number of aryl methyl sites for hydroxylation is 1. The number of hydrogen-bond acceptors (Lipinski definition) is 4. The Morgan fingerprint density at radius 3 is 3.24 bits per heavy atom. The van der Waals surface area contributed by atoms with E-state index in [4.69, 9.17) is 9.94 Å². The van der Waals surface area contributed by atoms with E-state index in [1.54, 1.807) is 6.20 Å². The summed E-state index contributed by atoms with van der Waals surface area (Å²) < 4.78 is 0. The lowest BCUT2D eigenvalue weighted by Gasteiger charge is -2.15. The smallest absolute Gasteiger partial charge is 0.331 e. The van der Waals surface area contributed by atoms with E-state index in [2.05, 4.69) is 10.1 Å². The molecular formula is C12H12N2O3. The van der Waals surface area contributed by atoms with Gasteiger partial charge in [0.25, 0.3) is 0 Å². The summed E-state index contributed by atoms with van der Waals surface area (Å²) in [5.41, 5.74) is 3.03. The van der Waals surface area contributed by atoms with E-state index < -0.39 is 5.97 Å². The first kappa shape index (κ1) is 11.3. The first-order valence-electron chi connectivity index (χ1n) is 5.33. The van der Waals surface area contributed by atoms with Crippen LogP contribution in [0.5, 0.6) is 0 Å². The number of hydrogen-bond donors (Lipinski definition) is 1. The van der Waals surface area contributed by atoms with Gasteiger partial charge in [0.05, 0.1) is 11.8 Å². The Labute approximate surface area is 98.4 Å². The number of oxime groups is 1. The molecule has 0 unspecified atom stereocenters. The van der Waals surface area contributed by atoms with Gasteiger partial charge in [0, 0.05) is 18.0 Å². The molecule has 0 bridgehead atoms. The topological polar surface area (TPSA) is 71.8 Å². The molecule has 1 aromatic rings. The second-order valence-corrected chi connectivity index (χ2v) is 3.67. The summed E-state index contributed by atoms with van der Waals surface area (Å²) in [6.07, 6.45) is 8.34. The fourth-order valence-corrected chi connectivity index (χ4v) is 1.77. The van der Waals surface area contributed by atoms with Gasteiger partial charge >= 0.3 is 5.97 Å². The number of fused-ring (bicyclic) bond motifs is 1. The average molecular weight is 232 g/mol. The van der Waals surface area contributed by atoms with Crippen molar-refractivity contribution in [1.29, 1.82) is 0 Å². The van der Waals surface area contributed by atoms with Crippen LogP contribution in [-0.2, 0) is 16.1 Å². The maximum Gasteiger partial charge on any atom is 0.331 e. The van der Waals surface area contributed by atoms with Gasteiger partial charge in [-0.25, -0.2) is 4.79 Å². The Balaban J connectivity index is 2.12. The average Bonchev–Trinajstić information content (AvgIpc) is 2.34. The van der Waals surface area contributed by atoms with E-state index in [-0.39, 0.29) is 0 Å². The van der Waals surface area contributed by atoms with Crippen LogP contribution < -0.4 is 0 Å². The Morgan fingerprint density at radius 1 is 1.53 bits per heavy atom. The number of nitrogens with zero attached hydrogens (tertiary/aromatic N) is 2. The van der Waals surface area contributed by atoms with Gasteiger partial charge in [-0.2, -0.15) is 0 Å². The maximum absolute atomic E-state index is 10.2. The monoisotopic (exact) mass is 232 g/mol. The third-order valence-electron chi connectivity index (χ3n) is 2.51. The van der Waals surface area contributed by atoms with E-state index in [9.17, 15) is 4.79 Å². The van der Waals surface area contributed by atoms with Crippen LogP contribution in [0, 0.1) is 0 Å². The number of pyridine rings is 1. The molecule has 1 N–H and O–H groups in total. The first-order chi connectivity index (χ1) is 8.27. The summed E-state index contributed by atoms with van der Waals surface area (Å²) in [5, 5.41) is 12.3. The van der Waals surface area contributed by atoms with Gasteiger partial charge in [0.1, 0.15) is 6.26 Å². The predicted octanol–water partition coefficient (Wildman–Crippen LogP) is 1.74. The molecule has 1 aliphatic rings. The SMILES string of the molecule is O=C(O)C=CON=C1CCCc2cnccc21. The van der Waals surface area contributed by atoms with Gasteiger partial charge < -0.3 is 9.94 Å². The molecule has 5 heteroatoms. The molecule has 0 aliphatic heterocycles. The van der Waals surface area contributed by atoms with Crippen LogP contribution in [-0.4, -0.2) is 21.8 Å². The normalized spacial score (nSPS) is 17.1. The van der Waals surface area contributed by atoms with Gasteiger partial charge in [-0.1, -0.05) is 5.16 Å². The molecule has 0 amide bonds. The van der Waals surface area contributed by atoms with Gasteiger partial charge in [0.2, 0.25) is 0 Å². The van der Waals surface area contributed by atoms with Crippen LogP contribution in [0.25, 0.3) is 0 Å². The molecular weight excluding hydrogens is 220 g/mol. The number of carboxylic acids is 1. The molecule has 5 nitrogen and oxygen atoms in total. The first-order valence-corrected chi connectivity index (χ1v) is 5.33. The quantitative estimate of drug-likeness (QED) is 0.489. The van der Waals surface area contributed by atoms with Crippen molar-refractivity contribution in [2.24, 2.45) is 5.16 Å². The molecule has 1 heterocycles. The molecule has 0 spiro atoms. The third-order valence-corrected chi connectivity index (χ3v) is 2.51. The van der Waals surface area contributed by atoms with Crippen LogP contribution in [0.15, 0.2) is 36.0 Å². The van der Waals surface area contributed by atoms with Crippen molar-refractivity contribution in [3.63, 3.8) is 0 Å². The van der Waals surface area contributed by atoms with E-state index in [1.807, 2.05) is 12.3 Å². The molecule has 0 fully saturated rings. The Bertz CT molecular complexity index is 480. The largest absolute Gasteiger partial charge is 0.478 e. The fourth-order valence-electron chi connectivity index (χ4n) is 1.77. The number of carboxylic acid groups (broad SMARTS) is 1. The fraction of sp³-hybridized carbons (Fsp3) is 0.250. The van der Waals surface area contributed by atoms with Crippen LogP contribution in [0.2, 0.25) is 0 Å². The van der Waals surface area contributed by atoms with Crippen LogP contribution >= 0.6 is 0 Å². The van der Waals surface area contributed by atoms with E-state index >= 15 is 0 Å². The molecule has 17 heavy (non-hydrogen) atoms. The minimum atomic E-state index is -1.06. The van der Waals surface area contributed by atoms with Crippen molar-refractivity contribution < 1.29 is 14.7 Å². The lowest BCUT2D eigenvalue weighted by Crippen LogP contribution is -2.12. The van der Waals surface area contributed by atoms with E-state index in [0.29, 0.717) is 0 Å². The summed E-state index contributed by atoms with van der Waals surface area (Å²) in [5.74, 6) is -1.06. The van der Waals surface area contributed by atoms with Gasteiger partial charge in [-0.05, 0) is 30.9 Å². The summed E-state index contributed by atoms with van der Waals surface area (Å²) in [6.45, 7) is 0. The highest BCUT2D eigenvalue weighted by molar-refractivity contribution is 6.02. The molecule has 0 atom stereocenters. The highest BCUT2D eigenvalue weighted by atomic mass is 16.6. The summed E-state index contributed by atoms with van der Waals surface area (Å²) in [6, 6.07) is 1.90. The molecule has 1 aromatic heterocycles. The van der Waals surface area contributed by atoms with Crippen LogP contribution in [0.3, 0.4) is 0 Å². The van der Waals surface area contributed by atoms with Gasteiger partial charge in [-0.3, -0.25) is 4.98 Å². The Morgan fingerprint density at radius 2 is 2.41 bits per heavy atom. The summed E-state index contributed by atoms with van der Waals surface area (Å²) in [4.78, 5) is 19.1. The molecule has 0 saturated heterocycles. The Hall–Kier alpha value is -2.17. The molecule has 0 radical (unpaired) electrons. The van der Waals surface area contributed by atoms with Crippen molar-refractivity contribution in [2.75, 3.05) is 0 Å². The van der Waals surface area contributed by atoms with Crippen molar-refractivity contribution in [3.05, 3.63) is 41.9 Å². The standard InChI is InChI=1S/C12H12N2O3/c15-12(16)5-7-17-14-11-3-1-2-9-8-13-6-4-10(9)11/h4-8H,1-3H2,(H,15,16). The highest BCUT2D eigenvalue weighted by Gasteiger charge is 2.15. The van der Waals surface area contributed by atoms with Crippen molar-refractivity contribution in [3.8, 4) is 0 Å². The van der Waals surface area contributed by atoms with E-state index in [1.165, 1.54) is 0 Å².